The minimum Gasteiger partial charge on any atom is -0.352 e. The molecule has 2 heterocycles. The average molecular weight is 359 g/mol. The van der Waals surface area contributed by atoms with Gasteiger partial charge in [-0.2, -0.15) is 0 Å². The summed E-state index contributed by atoms with van der Waals surface area (Å²) in [5.74, 6) is 2.04. The first-order chi connectivity index (χ1) is 8.22. The molecule has 2 nitrogen and oxygen atoms in total. The second-order valence-corrected chi connectivity index (χ2v) is 6.75. The summed E-state index contributed by atoms with van der Waals surface area (Å²) in [7, 11) is 0. The Bertz CT molecular complexity index is 540. The van der Waals surface area contributed by atoms with Crippen LogP contribution in [0.5, 0.6) is 0 Å². The lowest BCUT2D eigenvalue weighted by molar-refractivity contribution is 0.316. The monoisotopic (exact) mass is 358 g/mol. The van der Waals surface area contributed by atoms with Gasteiger partial charge in [0.1, 0.15) is 5.84 Å². The maximum Gasteiger partial charge on any atom is 0.109 e. The van der Waals surface area contributed by atoms with Crippen LogP contribution < -0.4 is 0 Å². The number of benzene rings is 1. The molecule has 0 N–H and O–H groups in total. The van der Waals surface area contributed by atoms with Gasteiger partial charge < -0.3 is 4.90 Å². The highest BCUT2D eigenvalue weighted by Gasteiger charge is 2.44. The zero-order chi connectivity index (χ0) is 11.6. The van der Waals surface area contributed by atoms with Crippen molar-refractivity contribution in [2.24, 2.45) is 10.9 Å². The molecule has 17 heavy (non-hydrogen) atoms. The molecule has 2 bridgehead atoms. The highest BCUT2D eigenvalue weighted by Crippen LogP contribution is 2.45. The van der Waals surface area contributed by atoms with E-state index in [9.17, 15) is 0 Å². The van der Waals surface area contributed by atoms with Crippen molar-refractivity contribution < 1.29 is 0 Å². The molecule has 3 aliphatic rings. The fraction of sp³-hybridized carbons (Fsp3) is 0.462. The van der Waals surface area contributed by atoms with E-state index in [0.717, 1.165) is 23.3 Å². The van der Waals surface area contributed by atoms with Gasteiger partial charge in [0.25, 0.3) is 0 Å². The molecule has 0 aromatic heterocycles. The molecule has 1 aliphatic carbocycles. The van der Waals surface area contributed by atoms with Gasteiger partial charge in [-0.15, -0.1) is 0 Å². The molecule has 0 amide bonds. The van der Waals surface area contributed by atoms with Crippen molar-refractivity contribution in [2.45, 2.75) is 31.8 Å². The normalized spacial score (nSPS) is 29.1. The second-order valence-electron chi connectivity index (χ2n) is 5.15. The predicted molar refractivity (Wildman–Crippen MR) is 77.9 cm³/mol. The van der Waals surface area contributed by atoms with E-state index in [1.807, 2.05) is 12.1 Å². The summed E-state index contributed by atoms with van der Waals surface area (Å²) < 4.78 is 1.25. The Hall–Kier alpha value is -0.290. The van der Waals surface area contributed by atoms with Crippen LogP contribution in [-0.4, -0.2) is 16.8 Å². The third-order valence-corrected chi connectivity index (χ3v) is 5.39. The summed E-state index contributed by atoms with van der Waals surface area (Å²) in [5.41, 5.74) is 2.45. The zero-order valence-electron chi connectivity index (χ0n) is 9.29. The van der Waals surface area contributed by atoms with Gasteiger partial charge in [0.2, 0.25) is 0 Å². The van der Waals surface area contributed by atoms with Crippen LogP contribution in [0.2, 0.25) is 5.02 Å². The largest absolute Gasteiger partial charge is 0.352 e. The van der Waals surface area contributed by atoms with E-state index in [0.29, 0.717) is 5.92 Å². The smallest absolute Gasteiger partial charge is 0.109 e. The molecule has 4 rings (SSSR count). The molecule has 0 radical (unpaired) electrons. The molecular formula is C13H12ClIN2. The Balaban J connectivity index is 1.87. The summed E-state index contributed by atoms with van der Waals surface area (Å²) in [4.78, 5) is 7.39. The van der Waals surface area contributed by atoms with Crippen LogP contribution in [0.1, 0.15) is 24.8 Å². The highest BCUT2D eigenvalue weighted by molar-refractivity contribution is 14.1. The van der Waals surface area contributed by atoms with Crippen molar-refractivity contribution in [3.63, 3.8) is 0 Å². The predicted octanol–water partition coefficient (Wildman–Crippen LogP) is 3.97. The summed E-state index contributed by atoms with van der Waals surface area (Å²) in [6.45, 7) is 1.03. The molecule has 2 atom stereocenters. The topological polar surface area (TPSA) is 15.6 Å². The fourth-order valence-corrected chi connectivity index (χ4v) is 4.58. The van der Waals surface area contributed by atoms with Crippen LogP contribution >= 0.6 is 34.2 Å². The maximum atomic E-state index is 6.12. The Morgan fingerprint density at radius 1 is 1.35 bits per heavy atom. The van der Waals surface area contributed by atoms with Crippen molar-refractivity contribution in [1.82, 2.24) is 4.90 Å². The van der Waals surface area contributed by atoms with E-state index in [4.69, 9.17) is 16.6 Å². The number of rotatable bonds is 0. The summed E-state index contributed by atoms with van der Waals surface area (Å²) in [5, 5.41) is 0.800. The molecule has 2 fully saturated rings. The molecule has 2 unspecified atom stereocenters. The lowest BCUT2D eigenvalue weighted by Gasteiger charge is -2.34. The van der Waals surface area contributed by atoms with E-state index in [-0.39, 0.29) is 0 Å². The maximum absolute atomic E-state index is 6.12. The molecule has 4 heteroatoms. The first-order valence-electron chi connectivity index (χ1n) is 6.05. The lowest BCUT2D eigenvalue weighted by atomic mass is 10.0. The number of halogens is 2. The van der Waals surface area contributed by atoms with Crippen LogP contribution in [0.15, 0.2) is 17.1 Å². The van der Waals surface area contributed by atoms with Gasteiger partial charge in [0.05, 0.1) is 5.69 Å². The van der Waals surface area contributed by atoms with Crippen LogP contribution in [0.25, 0.3) is 0 Å². The van der Waals surface area contributed by atoms with Gasteiger partial charge in [-0.3, -0.25) is 0 Å². The van der Waals surface area contributed by atoms with E-state index in [1.165, 1.54) is 34.2 Å². The lowest BCUT2D eigenvalue weighted by Crippen LogP contribution is -2.38. The quantitative estimate of drug-likeness (QED) is 0.641. The average Bonchev–Trinajstić information content (AvgIpc) is 2.87. The molecule has 1 aromatic carbocycles. The summed E-state index contributed by atoms with van der Waals surface area (Å²) in [6, 6.07) is 4.80. The minimum atomic E-state index is 0.713. The standard InChI is InChI=1S/C13H12ClIN2/c14-8-4-11(15)10-6-17-9-2-1-7(3-9)13(17)16-12(10)5-8/h4-5,7,9H,1-3,6H2. The van der Waals surface area contributed by atoms with Gasteiger partial charge in [-0.25, -0.2) is 4.99 Å². The number of nitrogens with zero attached hydrogens (tertiary/aromatic N) is 2. The molecular weight excluding hydrogens is 347 g/mol. The number of piperidine rings is 1. The highest BCUT2D eigenvalue weighted by atomic mass is 127. The molecule has 1 saturated heterocycles. The van der Waals surface area contributed by atoms with Gasteiger partial charge >= 0.3 is 0 Å². The van der Waals surface area contributed by atoms with E-state index in [1.54, 1.807) is 0 Å². The first kappa shape index (κ1) is 10.6. The summed E-state index contributed by atoms with van der Waals surface area (Å²) >= 11 is 8.49. The molecule has 1 saturated carbocycles. The Labute approximate surface area is 119 Å². The molecule has 1 aromatic rings. The summed E-state index contributed by atoms with van der Waals surface area (Å²) in [6.07, 6.45) is 3.99. The van der Waals surface area contributed by atoms with Crippen molar-refractivity contribution in [3.05, 3.63) is 26.3 Å². The Morgan fingerprint density at radius 3 is 3.12 bits per heavy atom. The number of hydrogen-bond acceptors (Lipinski definition) is 2. The van der Waals surface area contributed by atoms with Crippen LogP contribution in [0, 0.1) is 9.49 Å². The van der Waals surface area contributed by atoms with Crippen molar-refractivity contribution in [3.8, 4) is 0 Å². The number of fused-ring (bicyclic) bond motifs is 6. The molecule has 0 spiro atoms. The van der Waals surface area contributed by atoms with Crippen LogP contribution in [-0.2, 0) is 6.54 Å². The van der Waals surface area contributed by atoms with Crippen LogP contribution in [0.3, 0.4) is 0 Å². The van der Waals surface area contributed by atoms with E-state index < -0.39 is 0 Å². The van der Waals surface area contributed by atoms with Gasteiger partial charge in [-0.05, 0) is 54.0 Å². The molecule has 2 aliphatic heterocycles. The minimum absolute atomic E-state index is 0.713. The van der Waals surface area contributed by atoms with Gasteiger partial charge in [0.15, 0.2) is 0 Å². The van der Waals surface area contributed by atoms with Crippen LogP contribution in [0.4, 0.5) is 5.69 Å². The first-order valence-corrected chi connectivity index (χ1v) is 7.51. The fourth-order valence-electron chi connectivity index (χ4n) is 3.40. The van der Waals surface area contributed by atoms with E-state index >= 15 is 0 Å². The number of aliphatic imine (C=N–C) groups is 1. The SMILES string of the molecule is Clc1cc(I)c2c(c1)N=C1C3CCC(C3)N1C2. The second kappa shape index (κ2) is 3.60. The van der Waals surface area contributed by atoms with Crippen molar-refractivity contribution >= 4 is 45.7 Å². The van der Waals surface area contributed by atoms with E-state index in [2.05, 4.69) is 27.5 Å². The van der Waals surface area contributed by atoms with Gasteiger partial charge in [-0.1, -0.05) is 11.6 Å². The zero-order valence-corrected chi connectivity index (χ0v) is 12.2. The third-order valence-electron chi connectivity index (χ3n) is 4.21. The Morgan fingerprint density at radius 2 is 2.24 bits per heavy atom. The Kier molecular flexibility index (Phi) is 2.25. The molecule has 88 valence electrons. The van der Waals surface area contributed by atoms with Gasteiger partial charge in [0, 0.05) is 32.7 Å². The van der Waals surface area contributed by atoms with Crippen molar-refractivity contribution in [1.29, 1.82) is 0 Å². The third kappa shape index (κ3) is 1.48. The number of amidine groups is 1. The number of hydrogen-bond donors (Lipinski definition) is 0. The van der Waals surface area contributed by atoms with Crippen molar-refractivity contribution in [2.75, 3.05) is 0 Å².